The first-order chi connectivity index (χ1) is 33.0. The van der Waals surface area contributed by atoms with E-state index in [0.717, 1.165) is 12.1 Å². The molecule has 2 aliphatic rings. The lowest BCUT2D eigenvalue weighted by molar-refractivity contribution is -0.144. The number of hydrogen-bond donors (Lipinski definition) is 11. The monoisotopic (exact) mass is 990 g/mol. The number of carboxylic acids is 3. The average Bonchev–Trinajstić information content (AvgIpc) is 3.58. The van der Waals surface area contributed by atoms with Gasteiger partial charge in [-0.25, -0.2) is 14.2 Å². The highest BCUT2D eigenvalue weighted by atomic mass is 31.2. The fourth-order valence-electron chi connectivity index (χ4n) is 7.91. The Morgan fingerprint density at radius 2 is 1.20 bits per heavy atom. The Morgan fingerprint density at radius 3 is 1.70 bits per heavy atom. The highest BCUT2D eigenvalue weighted by Gasteiger charge is 2.54. The third-order valence-corrected chi connectivity index (χ3v) is 12.0. The van der Waals surface area contributed by atoms with Gasteiger partial charge in [-0.1, -0.05) is 38.5 Å². The predicted molar refractivity (Wildman–Crippen MR) is 239 cm³/mol. The topological polar surface area (TPSA) is 371 Å². The second-order valence-corrected chi connectivity index (χ2v) is 17.6. The molecule has 24 heteroatoms. The summed E-state index contributed by atoms with van der Waals surface area (Å²) in [4.78, 5) is 123. The van der Waals surface area contributed by atoms with Gasteiger partial charge in [-0.05, 0) is 72.9 Å². The Kier molecular flexibility index (Phi) is 15.5. The number of carbonyl (C=O) groups is 8. The van der Waals surface area contributed by atoms with Crippen LogP contribution in [0.5, 0.6) is 28.7 Å². The van der Waals surface area contributed by atoms with Crippen molar-refractivity contribution in [3.05, 3.63) is 112 Å². The minimum Gasteiger partial charge on any atom is -0.508 e. The van der Waals surface area contributed by atoms with Gasteiger partial charge < -0.3 is 60.8 Å². The summed E-state index contributed by atoms with van der Waals surface area (Å²) < 4.78 is 28.1. The number of phenols is 2. The molecule has 4 amide bonds. The minimum atomic E-state index is -4.98. The van der Waals surface area contributed by atoms with Crippen LogP contribution in [-0.2, 0) is 50.1 Å². The maximum Gasteiger partial charge on any atom is 0.524 e. The van der Waals surface area contributed by atoms with Crippen molar-refractivity contribution >= 4 is 55.3 Å². The van der Waals surface area contributed by atoms with E-state index in [4.69, 9.17) is 9.47 Å². The van der Waals surface area contributed by atoms with Gasteiger partial charge in [-0.2, -0.15) is 0 Å². The highest BCUT2D eigenvalue weighted by Crippen LogP contribution is 2.57. The van der Waals surface area contributed by atoms with Crippen LogP contribution in [0.25, 0.3) is 0 Å². The number of phosphoric ester groups is 1. The van der Waals surface area contributed by atoms with Crippen LogP contribution >= 0.6 is 7.82 Å². The normalized spacial score (nSPS) is 15.2. The lowest BCUT2D eigenvalue weighted by Crippen LogP contribution is -2.58. The number of benzene rings is 4. The number of amides is 4. The maximum absolute atomic E-state index is 14.3. The third-order valence-electron chi connectivity index (χ3n) is 11.6. The summed E-state index contributed by atoms with van der Waals surface area (Å²) in [6.07, 6.45) is -2.65. The largest absolute Gasteiger partial charge is 0.524 e. The number of carbonyl (C=O) groups excluding carboxylic acids is 5. The van der Waals surface area contributed by atoms with Crippen LogP contribution in [0.3, 0.4) is 0 Å². The summed E-state index contributed by atoms with van der Waals surface area (Å²) in [6, 6.07) is 10.5. The van der Waals surface area contributed by atoms with Gasteiger partial charge in [0.1, 0.15) is 52.9 Å². The first-order valence-electron chi connectivity index (χ1n) is 21.4. The number of aliphatic carboxylic acids is 3. The molecule has 0 radical (unpaired) electrons. The Morgan fingerprint density at radius 1 is 0.686 bits per heavy atom. The van der Waals surface area contributed by atoms with E-state index < -0.39 is 123 Å². The van der Waals surface area contributed by atoms with Crippen LogP contribution in [0.15, 0.2) is 78.9 Å². The highest BCUT2D eigenvalue weighted by molar-refractivity contribution is 7.46. The number of hydrogen-bond acceptors (Lipinski definition) is 14. The number of carboxylic acid groups (broad SMARTS) is 3. The van der Waals surface area contributed by atoms with E-state index in [1.54, 1.807) is 13.8 Å². The zero-order chi connectivity index (χ0) is 51.2. The van der Waals surface area contributed by atoms with Gasteiger partial charge in [-0.3, -0.25) is 38.6 Å². The van der Waals surface area contributed by atoms with Crippen molar-refractivity contribution < 1.29 is 92.2 Å². The number of nitrogens with one attached hydrogen (secondary N) is 4. The fourth-order valence-corrected chi connectivity index (χ4v) is 8.31. The van der Waals surface area contributed by atoms with Crippen molar-refractivity contribution in [3.63, 3.8) is 0 Å². The Bertz CT molecular complexity index is 2740. The van der Waals surface area contributed by atoms with Crippen molar-refractivity contribution in [2.75, 3.05) is 0 Å². The molecular formula is C46H47N4O19P. The molecule has 23 nitrogen and oxygen atoms in total. The zero-order valence-corrected chi connectivity index (χ0v) is 38.0. The van der Waals surface area contributed by atoms with Gasteiger partial charge in [0.2, 0.25) is 17.7 Å². The van der Waals surface area contributed by atoms with E-state index in [2.05, 4.69) is 25.8 Å². The summed E-state index contributed by atoms with van der Waals surface area (Å²) in [7, 11) is -4.98. The number of phenolic OH excluding ortho intramolecular Hbond substituents is 2. The number of phosphoric acid groups is 1. The van der Waals surface area contributed by atoms with Gasteiger partial charge >= 0.3 is 31.7 Å². The third kappa shape index (κ3) is 11.8. The zero-order valence-electron chi connectivity index (χ0n) is 37.1. The van der Waals surface area contributed by atoms with Crippen molar-refractivity contribution in [2.24, 2.45) is 5.92 Å². The van der Waals surface area contributed by atoms with Gasteiger partial charge in [0, 0.05) is 53.6 Å². The Labute approximate surface area is 397 Å². The number of esters is 1. The number of ether oxygens (including phenoxy) is 2. The number of rotatable bonds is 21. The van der Waals surface area contributed by atoms with Gasteiger partial charge in [0.25, 0.3) is 5.91 Å². The standard InChI is InChI=1S/C46H47N4O19P/c1-3-22(2)39(44(61)62)50-42(59)33(15-17-38(55)56)47-41(58)32(14-16-37(53)54)48-43(60)34(18-23-4-9-27(10-5-23)69-70(64,65)66)49-40(57)24-6-11-29-28(19-24)45(63)68-46(29)30-12-7-25(51)20-35(30)67-36-21-26(52)8-13-31(36)46/h4-13,19-22,32-34,39,51-52H,3,14-18H2,1-2H3,(H,47,58)(H,48,60)(H,49,57)(H,50,59)(H,53,54)(H,55,56)(H,61,62)(H2,64,65,66)/t22-,32-,33-,34-,39-/m0/s1. The Balaban J connectivity index is 1.32. The smallest absolute Gasteiger partial charge is 0.508 e. The van der Waals surface area contributed by atoms with E-state index in [1.807, 2.05) is 0 Å². The van der Waals surface area contributed by atoms with Crippen LogP contribution in [0.1, 0.15) is 88.9 Å². The molecule has 0 saturated carbocycles. The molecule has 4 aromatic rings. The van der Waals surface area contributed by atoms with Crippen molar-refractivity contribution in [2.45, 2.75) is 82.1 Å². The second-order valence-electron chi connectivity index (χ2n) is 16.4. The number of fused-ring (bicyclic) bond motifs is 6. The summed E-state index contributed by atoms with van der Waals surface area (Å²) >= 11 is 0. The molecule has 2 heterocycles. The molecule has 0 aliphatic carbocycles. The quantitative estimate of drug-likeness (QED) is 0.0422. The SMILES string of the molecule is CC[C@H](C)[C@H](NC(=O)[C@H](CCC(=O)O)NC(=O)[C@H](CCC(=O)O)NC(=O)[C@H](Cc1ccc(OP(=O)(O)O)cc1)NC(=O)c1ccc2c(c1)C(=O)OC21c2ccc(O)cc2Oc2cc(O)ccc21)C(=O)O. The molecule has 6 rings (SSSR count). The lowest BCUT2D eigenvalue weighted by atomic mass is 9.77. The summed E-state index contributed by atoms with van der Waals surface area (Å²) in [6.45, 7) is 3.21. The first-order valence-corrected chi connectivity index (χ1v) is 23.0. The fraction of sp³-hybridized carbons (Fsp3) is 0.304. The molecule has 0 aromatic heterocycles. The first kappa shape index (κ1) is 51.4. The minimum absolute atomic E-state index is 0.0959. The van der Waals surface area contributed by atoms with E-state index >= 15 is 0 Å². The maximum atomic E-state index is 14.3. The molecular weight excluding hydrogens is 943 g/mol. The lowest BCUT2D eigenvalue weighted by Gasteiger charge is -2.36. The van der Waals surface area contributed by atoms with Crippen LogP contribution < -0.4 is 30.5 Å². The van der Waals surface area contributed by atoms with Gasteiger partial charge in [-0.15, -0.1) is 0 Å². The van der Waals surface area contributed by atoms with Crippen molar-refractivity contribution in [3.8, 4) is 28.7 Å². The second kappa shape index (κ2) is 21.1. The van der Waals surface area contributed by atoms with Crippen LogP contribution in [0.4, 0.5) is 0 Å². The van der Waals surface area contributed by atoms with E-state index in [0.29, 0.717) is 17.5 Å². The molecule has 1 spiro atoms. The van der Waals surface area contributed by atoms with Crippen LogP contribution in [0, 0.1) is 5.92 Å². The molecule has 2 aliphatic heterocycles. The molecule has 70 heavy (non-hydrogen) atoms. The molecule has 0 bridgehead atoms. The molecule has 11 N–H and O–H groups in total. The van der Waals surface area contributed by atoms with E-state index in [1.165, 1.54) is 66.7 Å². The number of aromatic hydroxyl groups is 2. The summed E-state index contributed by atoms with van der Waals surface area (Å²) in [5.41, 5.74) is -0.888. The van der Waals surface area contributed by atoms with Crippen LogP contribution in [0.2, 0.25) is 0 Å². The molecule has 4 aromatic carbocycles. The van der Waals surface area contributed by atoms with Crippen molar-refractivity contribution in [1.82, 2.24) is 21.3 Å². The molecule has 0 saturated heterocycles. The molecule has 0 fully saturated rings. The summed E-state index contributed by atoms with van der Waals surface area (Å²) in [5, 5.41) is 58.7. The van der Waals surface area contributed by atoms with E-state index in [-0.39, 0.29) is 51.0 Å². The van der Waals surface area contributed by atoms with Crippen LogP contribution in [-0.4, -0.2) is 107 Å². The molecule has 0 unspecified atom stereocenters. The molecule has 5 atom stereocenters. The average molecular weight is 991 g/mol. The van der Waals surface area contributed by atoms with Gasteiger partial charge in [0.15, 0.2) is 5.60 Å². The van der Waals surface area contributed by atoms with Crippen molar-refractivity contribution in [1.29, 1.82) is 0 Å². The Hall–Kier alpha value is -8.01. The molecule has 370 valence electrons. The summed E-state index contributed by atoms with van der Waals surface area (Å²) in [5.74, 6) is -10.4. The van der Waals surface area contributed by atoms with Gasteiger partial charge in [0.05, 0.1) is 5.56 Å². The van der Waals surface area contributed by atoms with E-state index in [9.17, 15) is 78.2 Å². The predicted octanol–water partition coefficient (Wildman–Crippen LogP) is 2.79.